The number of carbonyl (C=O) groups excluding carboxylic acids is 2. The van der Waals surface area contributed by atoms with Crippen molar-refractivity contribution in [3.8, 4) is 0 Å². The lowest BCUT2D eigenvalue weighted by molar-refractivity contribution is -0.139. The van der Waals surface area contributed by atoms with E-state index >= 15 is 0 Å². The quantitative estimate of drug-likeness (QED) is 0.759. The molecule has 0 fully saturated rings. The highest BCUT2D eigenvalue weighted by atomic mass is 19.1. The number of ether oxygens (including phenoxy) is 1. The molecule has 1 aromatic rings. The zero-order valence-electron chi connectivity index (χ0n) is 12.8. The van der Waals surface area contributed by atoms with Crippen LogP contribution < -0.4 is 10.6 Å². The van der Waals surface area contributed by atoms with Gasteiger partial charge in [0.15, 0.2) is 0 Å². The molecule has 0 saturated heterocycles. The van der Waals surface area contributed by atoms with E-state index in [1.807, 2.05) is 13.8 Å². The van der Waals surface area contributed by atoms with Crippen molar-refractivity contribution in [1.82, 2.24) is 5.32 Å². The van der Waals surface area contributed by atoms with Gasteiger partial charge in [-0.3, -0.25) is 9.59 Å². The van der Waals surface area contributed by atoms with Gasteiger partial charge in [0.2, 0.25) is 0 Å². The molecule has 0 heterocycles. The third-order valence-corrected chi connectivity index (χ3v) is 3.02. The number of esters is 1. The summed E-state index contributed by atoms with van der Waals surface area (Å²) in [6.07, 6.45) is 1.79. The molecule has 0 aliphatic heterocycles. The third-order valence-electron chi connectivity index (χ3n) is 3.02. The van der Waals surface area contributed by atoms with Crippen LogP contribution in [0.3, 0.4) is 0 Å². The van der Waals surface area contributed by atoms with Crippen molar-refractivity contribution in [3.63, 3.8) is 0 Å². The Bertz CT molecular complexity index is 527. The average molecular weight is 314 g/mol. The van der Waals surface area contributed by atoms with E-state index in [2.05, 4.69) is 15.4 Å². The van der Waals surface area contributed by atoms with Gasteiger partial charge in [-0.15, -0.1) is 0 Å². The van der Waals surface area contributed by atoms with Crippen molar-refractivity contribution in [2.24, 2.45) is 0 Å². The largest absolute Gasteiger partial charge is 0.468 e. The zero-order valence-corrected chi connectivity index (χ0v) is 12.8. The lowest BCUT2D eigenvalue weighted by atomic mass is 10.1. The molecule has 1 atom stereocenters. The van der Waals surface area contributed by atoms with Gasteiger partial charge in [-0.1, -0.05) is 13.3 Å². The van der Waals surface area contributed by atoms with E-state index in [9.17, 15) is 18.4 Å². The van der Waals surface area contributed by atoms with E-state index in [0.29, 0.717) is 0 Å². The Balaban J connectivity index is 2.85. The fraction of sp³-hybridized carbons (Fsp3) is 0.467. The predicted molar refractivity (Wildman–Crippen MR) is 78.7 cm³/mol. The van der Waals surface area contributed by atoms with Gasteiger partial charge in [0, 0.05) is 11.7 Å². The summed E-state index contributed by atoms with van der Waals surface area (Å²) in [6, 6.07) is 2.17. The van der Waals surface area contributed by atoms with Crippen molar-refractivity contribution in [1.29, 1.82) is 0 Å². The number of nitrogens with one attached hydrogen (secondary N) is 2. The summed E-state index contributed by atoms with van der Waals surface area (Å²) in [4.78, 5) is 22.6. The van der Waals surface area contributed by atoms with Crippen LogP contribution in [0.4, 0.5) is 14.5 Å². The minimum absolute atomic E-state index is 0.0581. The molecule has 122 valence electrons. The monoisotopic (exact) mass is 314 g/mol. The lowest BCUT2D eigenvalue weighted by Crippen LogP contribution is -2.31. The maximum atomic E-state index is 13.9. The fourth-order valence-electron chi connectivity index (χ4n) is 1.98. The molecule has 0 aliphatic carbocycles. The highest BCUT2D eigenvalue weighted by Gasteiger charge is 2.19. The van der Waals surface area contributed by atoms with Crippen LogP contribution in [0.15, 0.2) is 12.1 Å². The van der Waals surface area contributed by atoms with Gasteiger partial charge < -0.3 is 15.4 Å². The van der Waals surface area contributed by atoms with E-state index < -0.39 is 35.6 Å². The number of amides is 1. The molecule has 0 radical (unpaired) electrons. The molecule has 0 aromatic heterocycles. The van der Waals surface area contributed by atoms with Gasteiger partial charge in [0.1, 0.15) is 23.7 Å². The molecule has 2 N–H and O–H groups in total. The van der Waals surface area contributed by atoms with Crippen LogP contribution in [0.25, 0.3) is 0 Å². The van der Waals surface area contributed by atoms with Crippen LogP contribution in [-0.2, 0) is 9.53 Å². The average Bonchev–Trinajstić information content (AvgIpc) is 2.44. The first kappa shape index (κ1) is 17.9. The molecule has 1 rings (SSSR count). The van der Waals surface area contributed by atoms with Crippen molar-refractivity contribution >= 4 is 17.6 Å². The number of hydrogen-bond acceptors (Lipinski definition) is 4. The predicted octanol–water partition coefficient (Wildman–Crippen LogP) is 2.47. The number of methoxy groups -OCH3 is 1. The number of rotatable bonds is 7. The van der Waals surface area contributed by atoms with Crippen LogP contribution in [0.1, 0.15) is 37.0 Å². The summed E-state index contributed by atoms with van der Waals surface area (Å²) in [6.45, 7) is 3.45. The Morgan fingerprint density at radius 3 is 2.36 bits per heavy atom. The number of halogens is 2. The van der Waals surface area contributed by atoms with Crippen LogP contribution in [-0.4, -0.2) is 31.6 Å². The Labute approximate surface area is 128 Å². The molecule has 0 bridgehead atoms. The lowest BCUT2D eigenvalue weighted by Gasteiger charge is -2.15. The summed E-state index contributed by atoms with van der Waals surface area (Å²) in [5.74, 6) is -3.70. The number of anilines is 1. The molecule has 1 amide bonds. The molecule has 0 aliphatic rings. The summed E-state index contributed by atoms with van der Waals surface area (Å²) in [7, 11) is 1.15. The minimum atomic E-state index is -1.01. The highest BCUT2D eigenvalue weighted by molar-refractivity contribution is 5.96. The molecule has 1 aromatic carbocycles. The smallest absolute Gasteiger partial charge is 0.325 e. The Morgan fingerprint density at radius 1 is 1.27 bits per heavy atom. The highest BCUT2D eigenvalue weighted by Crippen LogP contribution is 2.20. The molecule has 0 spiro atoms. The van der Waals surface area contributed by atoms with Gasteiger partial charge in [0.25, 0.3) is 5.91 Å². The second-order valence-electron chi connectivity index (χ2n) is 4.91. The number of hydrogen-bond donors (Lipinski definition) is 2. The zero-order chi connectivity index (χ0) is 16.7. The Hall–Kier alpha value is -2.18. The maximum Gasteiger partial charge on any atom is 0.325 e. The summed E-state index contributed by atoms with van der Waals surface area (Å²) in [5.41, 5.74) is -0.460. The molecule has 0 saturated carbocycles. The van der Waals surface area contributed by atoms with Crippen molar-refractivity contribution in [2.75, 3.05) is 19.0 Å². The van der Waals surface area contributed by atoms with Crippen LogP contribution >= 0.6 is 0 Å². The van der Waals surface area contributed by atoms with Crippen molar-refractivity contribution in [2.45, 2.75) is 32.7 Å². The van der Waals surface area contributed by atoms with Gasteiger partial charge in [-0.25, -0.2) is 8.78 Å². The van der Waals surface area contributed by atoms with Crippen LogP contribution in [0.5, 0.6) is 0 Å². The normalized spacial score (nSPS) is 11.7. The standard InChI is InChI=1S/C15H20F2N2O3/c1-4-5-9(2)19-10-6-11(16)14(12(17)7-10)15(21)18-8-13(20)22-3/h6-7,9,19H,4-5,8H2,1-3H3,(H,18,21)/t9-/m1/s1. The van der Waals surface area contributed by atoms with Crippen LogP contribution in [0.2, 0.25) is 0 Å². The van der Waals surface area contributed by atoms with E-state index in [4.69, 9.17) is 0 Å². The molecule has 22 heavy (non-hydrogen) atoms. The van der Waals surface area contributed by atoms with Gasteiger partial charge in [-0.2, -0.15) is 0 Å². The molecule has 0 unspecified atom stereocenters. The third kappa shape index (κ3) is 4.98. The van der Waals surface area contributed by atoms with Gasteiger partial charge >= 0.3 is 5.97 Å². The van der Waals surface area contributed by atoms with Crippen molar-refractivity contribution < 1.29 is 23.1 Å². The number of benzene rings is 1. The summed E-state index contributed by atoms with van der Waals surface area (Å²) >= 11 is 0. The SMILES string of the molecule is CCC[C@@H](C)Nc1cc(F)c(C(=O)NCC(=O)OC)c(F)c1. The first-order chi connectivity index (χ1) is 10.4. The van der Waals surface area contributed by atoms with Crippen LogP contribution in [0, 0.1) is 11.6 Å². The van der Waals surface area contributed by atoms with Crippen molar-refractivity contribution in [3.05, 3.63) is 29.3 Å². The first-order valence-corrected chi connectivity index (χ1v) is 6.99. The molecule has 5 nitrogen and oxygen atoms in total. The molecular formula is C15H20F2N2O3. The topological polar surface area (TPSA) is 67.4 Å². The number of carbonyl (C=O) groups is 2. The Morgan fingerprint density at radius 2 is 1.86 bits per heavy atom. The van der Waals surface area contributed by atoms with Gasteiger partial charge in [0.05, 0.1) is 7.11 Å². The van der Waals surface area contributed by atoms with E-state index in [0.717, 1.165) is 32.1 Å². The molecule has 7 heteroatoms. The van der Waals surface area contributed by atoms with E-state index in [1.54, 1.807) is 0 Å². The second kappa shape index (κ2) is 8.31. The van der Waals surface area contributed by atoms with E-state index in [-0.39, 0.29) is 11.7 Å². The Kier molecular flexibility index (Phi) is 6.75. The van der Waals surface area contributed by atoms with E-state index in [1.165, 1.54) is 0 Å². The fourth-order valence-corrected chi connectivity index (χ4v) is 1.98. The maximum absolute atomic E-state index is 13.9. The minimum Gasteiger partial charge on any atom is -0.468 e. The second-order valence-corrected chi connectivity index (χ2v) is 4.91. The summed E-state index contributed by atoms with van der Waals surface area (Å²) in [5, 5.41) is 5.06. The van der Waals surface area contributed by atoms with Gasteiger partial charge in [-0.05, 0) is 25.5 Å². The summed E-state index contributed by atoms with van der Waals surface area (Å²) < 4.78 is 32.2. The molecular weight excluding hydrogens is 294 g/mol. The first-order valence-electron chi connectivity index (χ1n) is 6.99.